The molecule has 0 aromatic heterocycles. The number of nitro benzene ring substituents is 1. The van der Waals surface area contributed by atoms with E-state index < -0.39 is 4.92 Å². The fraction of sp³-hybridized carbons (Fsp3) is 0.278. The zero-order valence-electron chi connectivity index (χ0n) is 14.2. The van der Waals surface area contributed by atoms with Crippen LogP contribution in [0.25, 0.3) is 0 Å². The minimum atomic E-state index is -0.409. The molecule has 1 saturated heterocycles. The zero-order chi connectivity index (χ0) is 18.7. The largest absolute Gasteiger partial charge is 0.496 e. The van der Waals surface area contributed by atoms with Gasteiger partial charge in [-0.25, -0.2) is 0 Å². The monoisotopic (exact) mass is 419 g/mol. The minimum Gasteiger partial charge on any atom is -0.496 e. The van der Waals surface area contributed by atoms with E-state index in [1.807, 2.05) is 4.90 Å². The molecule has 0 aliphatic carbocycles. The molecule has 0 radical (unpaired) electrons. The molecule has 136 valence electrons. The third-order valence-corrected chi connectivity index (χ3v) is 5.01. The Morgan fingerprint density at radius 3 is 2.31 bits per heavy atom. The Kier molecular flexibility index (Phi) is 5.41. The maximum absolute atomic E-state index is 12.7. The lowest BCUT2D eigenvalue weighted by Gasteiger charge is -2.36. The number of ether oxygens (including phenoxy) is 1. The fourth-order valence-corrected chi connectivity index (χ4v) is 3.48. The average Bonchev–Trinajstić information content (AvgIpc) is 2.67. The molecular weight excluding hydrogens is 402 g/mol. The van der Waals surface area contributed by atoms with Crippen LogP contribution >= 0.6 is 15.9 Å². The fourth-order valence-electron chi connectivity index (χ4n) is 2.93. The van der Waals surface area contributed by atoms with Crippen LogP contribution in [0, 0.1) is 10.1 Å². The van der Waals surface area contributed by atoms with Gasteiger partial charge in [0, 0.05) is 49.6 Å². The molecule has 1 aliphatic rings. The molecule has 1 heterocycles. The van der Waals surface area contributed by atoms with Crippen molar-refractivity contribution in [2.75, 3.05) is 38.2 Å². The van der Waals surface area contributed by atoms with Crippen molar-refractivity contribution in [2.24, 2.45) is 0 Å². The number of carbonyl (C=O) groups excluding carboxylic acids is 1. The molecular formula is C18H18BrN3O4. The van der Waals surface area contributed by atoms with Gasteiger partial charge >= 0.3 is 0 Å². The third-order valence-electron chi connectivity index (χ3n) is 4.39. The van der Waals surface area contributed by atoms with E-state index in [1.165, 1.54) is 12.1 Å². The highest BCUT2D eigenvalue weighted by Crippen LogP contribution is 2.26. The second-order valence-electron chi connectivity index (χ2n) is 5.90. The van der Waals surface area contributed by atoms with Gasteiger partial charge in [0.1, 0.15) is 5.75 Å². The lowest BCUT2D eigenvalue weighted by molar-refractivity contribution is -0.384. The quantitative estimate of drug-likeness (QED) is 0.560. The number of piperazine rings is 1. The van der Waals surface area contributed by atoms with Crippen LogP contribution in [0.4, 0.5) is 11.4 Å². The summed E-state index contributed by atoms with van der Waals surface area (Å²) in [6.07, 6.45) is 0. The van der Waals surface area contributed by atoms with Crippen LogP contribution in [0.1, 0.15) is 10.4 Å². The van der Waals surface area contributed by atoms with Crippen LogP contribution in [0.5, 0.6) is 5.75 Å². The summed E-state index contributed by atoms with van der Waals surface area (Å²) in [6, 6.07) is 11.8. The predicted molar refractivity (Wildman–Crippen MR) is 102 cm³/mol. The van der Waals surface area contributed by atoms with Crippen LogP contribution < -0.4 is 9.64 Å². The van der Waals surface area contributed by atoms with Crippen LogP contribution in [0.15, 0.2) is 46.9 Å². The van der Waals surface area contributed by atoms with Crippen molar-refractivity contribution in [1.29, 1.82) is 0 Å². The topological polar surface area (TPSA) is 75.9 Å². The van der Waals surface area contributed by atoms with Gasteiger partial charge < -0.3 is 14.5 Å². The Morgan fingerprint density at radius 1 is 1.12 bits per heavy atom. The summed E-state index contributed by atoms with van der Waals surface area (Å²) >= 11 is 3.40. The second-order valence-corrected chi connectivity index (χ2v) is 6.76. The maximum Gasteiger partial charge on any atom is 0.269 e. The summed E-state index contributed by atoms with van der Waals surface area (Å²) in [5.41, 5.74) is 1.61. The Balaban J connectivity index is 1.63. The van der Waals surface area contributed by atoms with Gasteiger partial charge in [0.15, 0.2) is 0 Å². The van der Waals surface area contributed by atoms with E-state index in [0.29, 0.717) is 37.5 Å². The molecule has 1 fully saturated rings. The first-order chi connectivity index (χ1) is 12.5. The lowest BCUT2D eigenvalue weighted by atomic mass is 10.1. The summed E-state index contributed by atoms with van der Waals surface area (Å²) < 4.78 is 5.94. The Bertz CT molecular complexity index is 818. The van der Waals surface area contributed by atoms with Gasteiger partial charge in [0.05, 0.1) is 16.5 Å². The van der Waals surface area contributed by atoms with Gasteiger partial charge in [-0.05, 0) is 46.3 Å². The molecule has 0 N–H and O–H groups in total. The van der Waals surface area contributed by atoms with Crippen molar-refractivity contribution in [3.8, 4) is 5.75 Å². The summed E-state index contributed by atoms with van der Waals surface area (Å²) in [7, 11) is 1.58. The highest BCUT2D eigenvalue weighted by Gasteiger charge is 2.23. The molecule has 7 nitrogen and oxygen atoms in total. The minimum absolute atomic E-state index is 0.0169. The van der Waals surface area contributed by atoms with Crippen molar-refractivity contribution in [1.82, 2.24) is 4.90 Å². The number of carbonyl (C=O) groups is 1. The van der Waals surface area contributed by atoms with Crippen molar-refractivity contribution < 1.29 is 14.5 Å². The normalized spacial score (nSPS) is 14.2. The molecule has 1 aliphatic heterocycles. The van der Waals surface area contributed by atoms with Gasteiger partial charge in [-0.3, -0.25) is 14.9 Å². The molecule has 2 aromatic carbocycles. The highest BCUT2D eigenvalue weighted by molar-refractivity contribution is 9.10. The first kappa shape index (κ1) is 18.2. The van der Waals surface area contributed by atoms with Crippen molar-refractivity contribution in [3.63, 3.8) is 0 Å². The number of nitrogens with zero attached hydrogens (tertiary/aromatic N) is 3. The number of benzene rings is 2. The Labute approximate surface area is 159 Å². The summed E-state index contributed by atoms with van der Waals surface area (Å²) in [5.74, 6) is 0.668. The van der Waals surface area contributed by atoms with Gasteiger partial charge in [-0.15, -0.1) is 0 Å². The Hall–Kier alpha value is -2.61. The van der Waals surface area contributed by atoms with Crippen molar-refractivity contribution in [2.45, 2.75) is 0 Å². The SMILES string of the molecule is COc1ccc(C(=O)N2CCN(c3ccc([N+](=O)[O-])cc3)CC2)cc1Br. The number of halogens is 1. The van der Waals surface area contributed by atoms with Crippen LogP contribution in [0.2, 0.25) is 0 Å². The summed E-state index contributed by atoms with van der Waals surface area (Å²) in [5, 5.41) is 10.7. The molecule has 0 spiro atoms. The second kappa shape index (κ2) is 7.74. The van der Waals surface area contributed by atoms with Gasteiger partial charge in [0.2, 0.25) is 0 Å². The first-order valence-corrected chi connectivity index (χ1v) is 8.91. The van der Waals surface area contributed by atoms with Crippen LogP contribution in [-0.4, -0.2) is 49.0 Å². The molecule has 0 unspecified atom stereocenters. The van der Waals surface area contributed by atoms with Crippen LogP contribution in [-0.2, 0) is 0 Å². The molecule has 0 atom stereocenters. The molecule has 1 amide bonds. The number of hydrogen-bond acceptors (Lipinski definition) is 5. The molecule has 2 aromatic rings. The third kappa shape index (κ3) is 3.80. The van der Waals surface area contributed by atoms with Crippen molar-refractivity contribution >= 4 is 33.2 Å². The standard InChI is InChI=1S/C18H18BrN3O4/c1-26-17-7-2-13(12-16(17)19)18(23)21-10-8-20(9-11-21)14-3-5-15(6-4-14)22(24)25/h2-7,12H,8-11H2,1H3. The van der Waals surface area contributed by atoms with Gasteiger partial charge in [0.25, 0.3) is 11.6 Å². The van der Waals surface area contributed by atoms with Gasteiger partial charge in [-0.2, -0.15) is 0 Å². The van der Waals surface area contributed by atoms with E-state index in [9.17, 15) is 14.9 Å². The molecule has 26 heavy (non-hydrogen) atoms. The smallest absolute Gasteiger partial charge is 0.269 e. The van der Waals surface area contributed by atoms with Crippen LogP contribution in [0.3, 0.4) is 0 Å². The maximum atomic E-state index is 12.7. The number of hydrogen-bond donors (Lipinski definition) is 0. The highest BCUT2D eigenvalue weighted by atomic mass is 79.9. The molecule has 0 saturated carbocycles. The number of methoxy groups -OCH3 is 1. The number of amides is 1. The lowest BCUT2D eigenvalue weighted by Crippen LogP contribution is -2.48. The van der Waals surface area contributed by atoms with Crippen molar-refractivity contribution in [3.05, 3.63) is 62.6 Å². The number of nitro groups is 1. The molecule has 0 bridgehead atoms. The summed E-state index contributed by atoms with van der Waals surface area (Å²) in [4.78, 5) is 27.0. The van der Waals surface area contributed by atoms with E-state index in [4.69, 9.17) is 4.74 Å². The summed E-state index contributed by atoms with van der Waals surface area (Å²) in [6.45, 7) is 2.56. The molecule has 8 heteroatoms. The first-order valence-electron chi connectivity index (χ1n) is 8.12. The zero-order valence-corrected chi connectivity index (χ0v) is 15.8. The van der Waals surface area contributed by atoms with Gasteiger partial charge in [-0.1, -0.05) is 0 Å². The number of rotatable bonds is 4. The van der Waals surface area contributed by atoms with E-state index in [1.54, 1.807) is 37.4 Å². The molecule has 3 rings (SSSR count). The van der Waals surface area contributed by atoms with E-state index in [-0.39, 0.29) is 11.6 Å². The van der Waals surface area contributed by atoms with E-state index >= 15 is 0 Å². The van der Waals surface area contributed by atoms with E-state index in [0.717, 1.165) is 10.2 Å². The number of anilines is 1. The van der Waals surface area contributed by atoms with E-state index in [2.05, 4.69) is 20.8 Å². The predicted octanol–water partition coefficient (Wildman–Crippen LogP) is 3.33. The Morgan fingerprint density at radius 2 is 1.77 bits per heavy atom. The number of non-ortho nitro benzene ring substituents is 1. The average molecular weight is 420 g/mol.